The second-order valence-corrected chi connectivity index (χ2v) is 8.20. The maximum Gasteiger partial charge on any atom is 0.413 e. The van der Waals surface area contributed by atoms with Crippen LogP contribution in [0.25, 0.3) is 22.1 Å². The highest BCUT2D eigenvalue weighted by Gasteiger charge is 2.10. The van der Waals surface area contributed by atoms with Gasteiger partial charge in [-0.05, 0) is 36.4 Å². The highest BCUT2D eigenvalue weighted by Crippen LogP contribution is 2.39. The minimum Gasteiger partial charge on any atom is -0.453 e. The molecule has 0 radical (unpaired) electrons. The van der Waals surface area contributed by atoms with Crippen LogP contribution in [-0.4, -0.2) is 46.3 Å². The normalized spacial score (nSPS) is 10.9. The van der Waals surface area contributed by atoms with Crippen LogP contribution in [0, 0.1) is 0 Å². The van der Waals surface area contributed by atoms with Crippen molar-refractivity contribution in [2.24, 2.45) is 0 Å². The zero-order valence-corrected chi connectivity index (χ0v) is 17.4. The first kappa shape index (κ1) is 19.9. The second-order valence-electron chi connectivity index (χ2n) is 5.93. The highest BCUT2D eigenvalue weighted by molar-refractivity contribution is 8.76. The standard InChI is InChI=1S/C18H16N6O4S2/c1-27-17(25)23-15-19-11-5-3-9(7-13(11)21-15)29-30-10-4-6-12-14(8-10)22-16(20-12)24-18(26)28-2/h3-8H,1-2H3,(H2,19,21,23,25)(H2,20,22,24,26). The topological polar surface area (TPSA) is 134 Å². The van der Waals surface area contributed by atoms with Gasteiger partial charge in [0.25, 0.3) is 0 Å². The molecule has 30 heavy (non-hydrogen) atoms. The van der Waals surface area contributed by atoms with E-state index in [1.54, 1.807) is 21.6 Å². The molecule has 2 heterocycles. The lowest BCUT2D eigenvalue weighted by Gasteiger charge is -2.01. The van der Waals surface area contributed by atoms with Gasteiger partial charge in [0.15, 0.2) is 0 Å². The molecular weight excluding hydrogens is 428 g/mol. The van der Waals surface area contributed by atoms with Gasteiger partial charge in [0, 0.05) is 9.79 Å². The van der Waals surface area contributed by atoms with Gasteiger partial charge in [0.2, 0.25) is 11.9 Å². The molecule has 0 aliphatic heterocycles. The number of carbonyl (C=O) groups is 2. The lowest BCUT2D eigenvalue weighted by atomic mass is 10.3. The summed E-state index contributed by atoms with van der Waals surface area (Å²) in [5, 5.41) is 5.02. The van der Waals surface area contributed by atoms with Crippen LogP contribution in [0.1, 0.15) is 0 Å². The van der Waals surface area contributed by atoms with Gasteiger partial charge in [-0.2, -0.15) is 0 Å². The number of rotatable bonds is 5. The van der Waals surface area contributed by atoms with E-state index in [9.17, 15) is 9.59 Å². The third kappa shape index (κ3) is 4.44. The van der Waals surface area contributed by atoms with Gasteiger partial charge in [-0.15, -0.1) is 0 Å². The number of anilines is 2. The van der Waals surface area contributed by atoms with Crippen LogP contribution in [-0.2, 0) is 9.47 Å². The minimum absolute atomic E-state index is 0.327. The zero-order chi connectivity index (χ0) is 21.1. The molecule has 0 fully saturated rings. The number of aromatic amines is 2. The summed E-state index contributed by atoms with van der Waals surface area (Å²) in [7, 11) is 5.74. The van der Waals surface area contributed by atoms with E-state index < -0.39 is 12.2 Å². The van der Waals surface area contributed by atoms with Crippen molar-refractivity contribution in [2.75, 3.05) is 24.9 Å². The summed E-state index contributed by atoms with van der Waals surface area (Å²) >= 11 is 0. The van der Waals surface area contributed by atoms with Gasteiger partial charge in [-0.1, -0.05) is 21.6 Å². The van der Waals surface area contributed by atoms with E-state index in [4.69, 9.17) is 0 Å². The molecule has 0 atom stereocenters. The average Bonchev–Trinajstić information content (AvgIpc) is 3.33. The number of amides is 2. The van der Waals surface area contributed by atoms with Gasteiger partial charge in [-0.3, -0.25) is 10.6 Å². The fraction of sp³-hybridized carbons (Fsp3) is 0.111. The van der Waals surface area contributed by atoms with Crippen LogP contribution in [0.15, 0.2) is 46.2 Å². The number of hydrogen-bond acceptors (Lipinski definition) is 8. The van der Waals surface area contributed by atoms with E-state index in [0.29, 0.717) is 11.9 Å². The Labute approximate surface area is 177 Å². The third-order valence-electron chi connectivity index (χ3n) is 3.95. The molecule has 154 valence electrons. The van der Waals surface area contributed by atoms with Gasteiger partial charge in [0.05, 0.1) is 36.3 Å². The molecule has 4 rings (SSSR count). The summed E-state index contributed by atoms with van der Waals surface area (Å²) in [4.78, 5) is 39.3. The monoisotopic (exact) mass is 444 g/mol. The van der Waals surface area contributed by atoms with Crippen LogP contribution in [0.5, 0.6) is 0 Å². The smallest absolute Gasteiger partial charge is 0.413 e. The van der Waals surface area contributed by atoms with Crippen molar-refractivity contribution >= 4 is 67.7 Å². The Morgan fingerprint density at radius 2 is 1.23 bits per heavy atom. The Kier molecular flexibility index (Phi) is 5.68. The molecule has 4 aromatic rings. The van der Waals surface area contributed by atoms with E-state index in [1.807, 2.05) is 36.4 Å². The maximum atomic E-state index is 11.3. The molecule has 0 saturated carbocycles. The molecule has 2 amide bonds. The van der Waals surface area contributed by atoms with Gasteiger partial charge in [-0.25, -0.2) is 19.6 Å². The molecule has 2 aromatic heterocycles. The highest BCUT2D eigenvalue weighted by atomic mass is 33.1. The molecule has 0 saturated heterocycles. The lowest BCUT2D eigenvalue weighted by molar-refractivity contribution is 0.186. The van der Waals surface area contributed by atoms with Crippen molar-refractivity contribution < 1.29 is 19.1 Å². The molecule has 2 aromatic carbocycles. The molecule has 4 N–H and O–H groups in total. The van der Waals surface area contributed by atoms with Gasteiger partial charge >= 0.3 is 12.2 Å². The first-order chi connectivity index (χ1) is 14.5. The Morgan fingerprint density at radius 3 is 1.63 bits per heavy atom. The molecular formula is C18H16N6O4S2. The maximum absolute atomic E-state index is 11.3. The predicted octanol–water partition coefficient (Wildman–Crippen LogP) is 4.60. The van der Waals surface area contributed by atoms with E-state index >= 15 is 0 Å². The number of hydrogen-bond donors (Lipinski definition) is 4. The van der Waals surface area contributed by atoms with Crippen molar-refractivity contribution in [3.05, 3.63) is 36.4 Å². The molecule has 0 bridgehead atoms. The van der Waals surface area contributed by atoms with Gasteiger partial charge < -0.3 is 19.4 Å². The number of nitrogens with one attached hydrogen (secondary N) is 4. The van der Waals surface area contributed by atoms with Crippen molar-refractivity contribution in [1.29, 1.82) is 0 Å². The largest absolute Gasteiger partial charge is 0.453 e. The SMILES string of the molecule is COC(=O)Nc1nc2ccc(SSc3ccc4nc(NC(=O)OC)[nH]c4c3)cc2[nH]1. The lowest BCUT2D eigenvalue weighted by Crippen LogP contribution is -2.11. The molecule has 0 aliphatic rings. The average molecular weight is 444 g/mol. The predicted molar refractivity (Wildman–Crippen MR) is 116 cm³/mol. The summed E-state index contributed by atoms with van der Waals surface area (Å²) in [6.45, 7) is 0. The van der Waals surface area contributed by atoms with Crippen molar-refractivity contribution in [1.82, 2.24) is 19.9 Å². The number of fused-ring (bicyclic) bond motifs is 2. The summed E-state index contributed by atoms with van der Waals surface area (Å²) in [5.41, 5.74) is 3.07. The summed E-state index contributed by atoms with van der Waals surface area (Å²) in [6.07, 6.45) is -1.17. The Bertz CT molecular complexity index is 1140. The van der Waals surface area contributed by atoms with Crippen molar-refractivity contribution in [2.45, 2.75) is 9.79 Å². The fourth-order valence-electron chi connectivity index (χ4n) is 2.59. The number of aromatic nitrogens is 4. The van der Waals surface area contributed by atoms with Gasteiger partial charge in [0.1, 0.15) is 0 Å². The number of ether oxygens (including phenoxy) is 2. The molecule has 0 aliphatic carbocycles. The summed E-state index contributed by atoms with van der Waals surface area (Å²) < 4.78 is 9.13. The van der Waals surface area contributed by atoms with Crippen LogP contribution in [0.3, 0.4) is 0 Å². The Balaban J connectivity index is 1.45. The van der Waals surface area contributed by atoms with E-state index in [1.165, 1.54) is 14.2 Å². The minimum atomic E-state index is -0.585. The number of methoxy groups -OCH3 is 2. The number of H-pyrrole nitrogens is 2. The van der Waals surface area contributed by atoms with Crippen LogP contribution in [0.2, 0.25) is 0 Å². The van der Waals surface area contributed by atoms with E-state index in [0.717, 1.165) is 31.9 Å². The summed E-state index contributed by atoms with van der Waals surface area (Å²) in [5.74, 6) is 0.653. The fourth-order valence-corrected chi connectivity index (χ4v) is 4.56. The van der Waals surface area contributed by atoms with Crippen LogP contribution in [0.4, 0.5) is 21.5 Å². The van der Waals surface area contributed by atoms with Crippen LogP contribution < -0.4 is 10.6 Å². The number of nitrogens with zero attached hydrogens (tertiary/aromatic N) is 2. The molecule has 0 spiro atoms. The van der Waals surface area contributed by atoms with Crippen molar-refractivity contribution in [3.63, 3.8) is 0 Å². The number of benzene rings is 2. The zero-order valence-electron chi connectivity index (χ0n) is 15.8. The number of imidazole rings is 2. The molecule has 0 unspecified atom stereocenters. The second kappa shape index (κ2) is 8.55. The quantitative estimate of drug-likeness (QED) is 0.328. The van der Waals surface area contributed by atoms with Crippen LogP contribution >= 0.6 is 21.6 Å². The van der Waals surface area contributed by atoms with E-state index in [2.05, 4.69) is 40.0 Å². The molecule has 12 heteroatoms. The number of carbonyl (C=O) groups excluding carboxylic acids is 2. The Hall–Kier alpha value is -3.38. The Morgan fingerprint density at radius 1 is 0.800 bits per heavy atom. The van der Waals surface area contributed by atoms with Crippen molar-refractivity contribution in [3.8, 4) is 0 Å². The van der Waals surface area contributed by atoms with E-state index in [-0.39, 0.29) is 0 Å². The first-order valence-electron chi connectivity index (χ1n) is 8.58. The first-order valence-corrected chi connectivity index (χ1v) is 10.7. The molecule has 10 nitrogen and oxygen atoms in total. The summed E-state index contributed by atoms with van der Waals surface area (Å²) in [6, 6.07) is 11.6. The third-order valence-corrected chi connectivity index (χ3v) is 6.33.